The minimum absolute atomic E-state index is 0.138. The molecule has 0 unspecified atom stereocenters. The van der Waals surface area contributed by atoms with E-state index >= 15 is 0 Å². The molecule has 2 heterocycles. The van der Waals surface area contributed by atoms with E-state index in [4.69, 9.17) is 0 Å². The Hall–Kier alpha value is -4.48. The molecule has 7 nitrogen and oxygen atoms in total. The van der Waals surface area contributed by atoms with Crippen LogP contribution in [0.2, 0.25) is 0 Å². The summed E-state index contributed by atoms with van der Waals surface area (Å²) in [4.78, 5) is 39.7. The molecule has 0 bridgehead atoms. The molecule has 5 rings (SSSR count). The lowest BCUT2D eigenvalue weighted by Gasteiger charge is -2.26. The Labute approximate surface area is 215 Å². The van der Waals surface area contributed by atoms with Crippen LogP contribution >= 0.6 is 15.9 Å². The quantitative estimate of drug-likeness (QED) is 0.281. The molecular formula is C28H19BrN4O3. The molecular weight excluding hydrogens is 520 g/mol. The largest absolute Gasteiger partial charge is 0.340 e. The number of urea groups is 1. The molecule has 0 saturated carbocycles. The first-order chi connectivity index (χ1) is 17.4. The van der Waals surface area contributed by atoms with Crippen LogP contribution in [0.3, 0.4) is 0 Å². The van der Waals surface area contributed by atoms with Crippen molar-refractivity contribution in [1.82, 2.24) is 9.88 Å². The van der Waals surface area contributed by atoms with Gasteiger partial charge in [-0.05, 0) is 55.0 Å². The average Bonchev–Trinajstić information content (AvgIpc) is 3.13. The number of nitrogens with zero attached hydrogens (tertiary/aromatic N) is 3. The summed E-state index contributed by atoms with van der Waals surface area (Å²) in [6.07, 6.45) is 1.54. The predicted octanol–water partition coefficient (Wildman–Crippen LogP) is 5.30. The second kappa shape index (κ2) is 9.29. The molecule has 4 amide bonds. The van der Waals surface area contributed by atoms with Crippen LogP contribution in [0.25, 0.3) is 17.0 Å². The highest BCUT2D eigenvalue weighted by Crippen LogP contribution is 2.31. The van der Waals surface area contributed by atoms with Gasteiger partial charge in [-0.15, -0.1) is 0 Å². The summed E-state index contributed by atoms with van der Waals surface area (Å²) in [6, 6.07) is 23.2. The van der Waals surface area contributed by atoms with Gasteiger partial charge >= 0.3 is 6.03 Å². The normalized spacial score (nSPS) is 14.9. The molecule has 0 spiro atoms. The number of rotatable bonds is 4. The van der Waals surface area contributed by atoms with Crippen molar-refractivity contribution >= 4 is 56.4 Å². The van der Waals surface area contributed by atoms with Crippen LogP contribution < -0.4 is 10.2 Å². The summed E-state index contributed by atoms with van der Waals surface area (Å²) in [5, 5.41) is 12.7. The van der Waals surface area contributed by atoms with Gasteiger partial charge < -0.3 is 4.57 Å². The first-order valence-corrected chi connectivity index (χ1v) is 11.9. The molecule has 1 aliphatic rings. The number of barbiturate groups is 1. The molecule has 1 fully saturated rings. The number of para-hydroxylation sites is 1. The maximum Gasteiger partial charge on any atom is 0.335 e. The highest BCUT2D eigenvalue weighted by atomic mass is 79.9. The number of fused-ring (bicyclic) bond motifs is 1. The van der Waals surface area contributed by atoms with Crippen LogP contribution in [0, 0.1) is 18.3 Å². The van der Waals surface area contributed by atoms with Crippen LogP contribution in [-0.4, -0.2) is 22.4 Å². The van der Waals surface area contributed by atoms with E-state index in [0.29, 0.717) is 23.4 Å². The van der Waals surface area contributed by atoms with Crippen molar-refractivity contribution in [3.63, 3.8) is 0 Å². The topological polar surface area (TPSA) is 95.2 Å². The van der Waals surface area contributed by atoms with Crippen molar-refractivity contribution in [2.45, 2.75) is 13.5 Å². The molecule has 1 N–H and O–H groups in total. The minimum atomic E-state index is -0.795. The van der Waals surface area contributed by atoms with Crippen molar-refractivity contribution in [2.24, 2.45) is 0 Å². The van der Waals surface area contributed by atoms with E-state index in [1.165, 1.54) is 0 Å². The minimum Gasteiger partial charge on any atom is -0.340 e. The first kappa shape index (κ1) is 23.3. The van der Waals surface area contributed by atoms with Crippen molar-refractivity contribution < 1.29 is 14.4 Å². The number of hydrogen-bond donors (Lipinski definition) is 1. The van der Waals surface area contributed by atoms with Gasteiger partial charge in [0.15, 0.2) is 0 Å². The van der Waals surface area contributed by atoms with Crippen LogP contribution in [0.1, 0.15) is 22.4 Å². The monoisotopic (exact) mass is 538 g/mol. The van der Waals surface area contributed by atoms with Gasteiger partial charge in [-0.3, -0.25) is 14.9 Å². The van der Waals surface area contributed by atoms with Gasteiger partial charge in [-0.1, -0.05) is 52.3 Å². The second-order valence-corrected chi connectivity index (χ2v) is 9.22. The Morgan fingerprint density at radius 3 is 2.42 bits per heavy atom. The molecule has 0 aliphatic carbocycles. The third kappa shape index (κ3) is 4.00. The lowest BCUT2D eigenvalue weighted by atomic mass is 10.0. The zero-order valence-electron chi connectivity index (χ0n) is 19.2. The van der Waals surface area contributed by atoms with E-state index in [9.17, 15) is 19.6 Å². The highest BCUT2D eigenvalue weighted by Gasteiger charge is 2.37. The second-order valence-electron chi connectivity index (χ2n) is 8.31. The summed E-state index contributed by atoms with van der Waals surface area (Å²) in [7, 11) is 0. The number of carbonyl (C=O) groups excluding carboxylic acids is 3. The molecule has 0 atom stereocenters. The standard InChI is InChI=1S/C28H19BrN4O3/c1-17-23(14-24-26(34)31-28(36)33(27(24)35)21-12-10-20(29)11-13-21)22-8-4-5-9-25(22)32(17)16-19-7-3-2-6-18(19)15-30/h2-14H,16H2,1H3,(H,31,34,36)/b24-14+. The Bertz CT molecular complexity index is 1630. The fourth-order valence-corrected chi connectivity index (χ4v) is 4.67. The van der Waals surface area contributed by atoms with Crippen molar-refractivity contribution in [3.05, 3.63) is 105 Å². The van der Waals surface area contributed by atoms with Crippen LogP contribution in [0.15, 0.2) is 82.8 Å². The molecule has 1 aromatic heterocycles. The number of nitrogens with one attached hydrogen (secondary N) is 1. The number of halogens is 1. The van der Waals surface area contributed by atoms with Crippen LogP contribution in [0.5, 0.6) is 0 Å². The summed E-state index contributed by atoms with van der Waals surface area (Å²) < 4.78 is 2.85. The van der Waals surface area contributed by atoms with Gasteiger partial charge in [-0.2, -0.15) is 5.26 Å². The van der Waals surface area contributed by atoms with Crippen LogP contribution in [0.4, 0.5) is 10.5 Å². The number of amides is 4. The van der Waals surface area contributed by atoms with Gasteiger partial charge in [0, 0.05) is 33.2 Å². The van der Waals surface area contributed by atoms with Gasteiger partial charge in [0.1, 0.15) is 5.57 Å². The van der Waals surface area contributed by atoms with Gasteiger partial charge in [0.25, 0.3) is 11.8 Å². The third-order valence-electron chi connectivity index (χ3n) is 6.22. The van der Waals surface area contributed by atoms with E-state index in [2.05, 4.69) is 31.9 Å². The molecule has 3 aromatic carbocycles. The van der Waals surface area contributed by atoms with E-state index in [1.807, 2.05) is 49.4 Å². The SMILES string of the molecule is Cc1c(/C=C2\C(=O)NC(=O)N(c3ccc(Br)cc3)C2=O)c2ccccc2n1Cc1ccccc1C#N. The van der Waals surface area contributed by atoms with Crippen molar-refractivity contribution in [2.75, 3.05) is 4.90 Å². The van der Waals surface area contributed by atoms with Crippen molar-refractivity contribution in [3.8, 4) is 6.07 Å². The fourth-order valence-electron chi connectivity index (χ4n) is 4.41. The molecule has 176 valence electrons. The summed E-state index contributed by atoms with van der Waals surface area (Å²) in [6.45, 7) is 2.35. The summed E-state index contributed by atoms with van der Waals surface area (Å²) in [5.41, 5.74) is 4.08. The fraction of sp³-hybridized carbons (Fsp3) is 0.0714. The zero-order valence-corrected chi connectivity index (χ0v) is 20.7. The summed E-state index contributed by atoms with van der Waals surface area (Å²) in [5.74, 6) is -1.44. The first-order valence-electron chi connectivity index (χ1n) is 11.1. The maximum absolute atomic E-state index is 13.4. The summed E-state index contributed by atoms with van der Waals surface area (Å²) >= 11 is 3.34. The lowest BCUT2D eigenvalue weighted by molar-refractivity contribution is -0.122. The third-order valence-corrected chi connectivity index (χ3v) is 6.75. The molecule has 0 radical (unpaired) electrons. The number of benzene rings is 3. The van der Waals surface area contributed by atoms with Crippen molar-refractivity contribution in [1.29, 1.82) is 5.26 Å². The van der Waals surface area contributed by atoms with E-state index in [1.54, 1.807) is 36.4 Å². The Kier molecular flexibility index (Phi) is 6.00. The predicted molar refractivity (Wildman–Crippen MR) is 140 cm³/mol. The smallest absolute Gasteiger partial charge is 0.335 e. The molecule has 8 heteroatoms. The maximum atomic E-state index is 13.4. The molecule has 36 heavy (non-hydrogen) atoms. The van der Waals surface area contributed by atoms with E-state index < -0.39 is 17.8 Å². The number of nitriles is 1. The number of carbonyl (C=O) groups is 3. The highest BCUT2D eigenvalue weighted by molar-refractivity contribution is 9.10. The molecule has 1 aliphatic heterocycles. The van der Waals surface area contributed by atoms with Gasteiger partial charge in [0.05, 0.1) is 17.3 Å². The van der Waals surface area contributed by atoms with E-state index in [0.717, 1.165) is 31.5 Å². The Balaban J connectivity index is 1.62. The van der Waals surface area contributed by atoms with E-state index in [-0.39, 0.29) is 5.57 Å². The number of aromatic nitrogens is 1. The Morgan fingerprint density at radius 1 is 0.972 bits per heavy atom. The molecule has 4 aromatic rings. The van der Waals surface area contributed by atoms with Gasteiger partial charge in [-0.25, -0.2) is 9.69 Å². The zero-order chi connectivity index (χ0) is 25.4. The van der Waals surface area contributed by atoms with Gasteiger partial charge in [0.2, 0.25) is 0 Å². The average molecular weight is 539 g/mol. The van der Waals surface area contributed by atoms with Crippen LogP contribution in [-0.2, 0) is 16.1 Å². The molecule has 1 saturated heterocycles. The number of hydrogen-bond acceptors (Lipinski definition) is 4. The Morgan fingerprint density at radius 2 is 1.67 bits per heavy atom. The lowest BCUT2D eigenvalue weighted by Crippen LogP contribution is -2.54. The number of anilines is 1. The number of imide groups is 2.